The Labute approximate surface area is 91.9 Å². The normalized spacial score (nSPS) is 10.8. The first-order valence-electron chi connectivity index (χ1n) is 4.55. The van der Waals surface area contributed by atoms with Gasteiger partial charge in [0.05, 0.1) is 10.5 Å². The van der Waals surface area contributed by atoms with Gasteiger partial charge in [-0.1, -0.05) is 11.6 Å². The van der Waals surface area contributed by atoms with Crippen molar-refractivity contribution < 1.29 is 9.90 Å². The lowest BCUT2D eigenvalue weighted by molar-refractivity contribution is -0.137. The average molecular weight is 224 g/mol. The van der Waals surface area contributed by atoms with E-state index in [-0.39, 0.29) is 6.54 Å². The van der Waals surface area contributed by atoms with Crippen LogP contribution < -0.4 is 0 Å². The predicted molar refractivity (Wildman–Crippen MR) is 59.3 cm³/mol. The maximum atomic E-state index is 10.6. The molecule has 0 radical (unpaired) electrons. The second-order valence-corrected chi connectivity index (χ2v) is 3.93. The topological polar surface area (TPSA) is 42.2 Å². The van der Waals surface area contributed by atoms with Crippen LogP contribution in [0.15, 0.2) is 24.4 Å². The first-order chi connectivity index (χ1) is 7.08. The van der Waals surface area contributed by atoms with E-state index in [2.05, 4.69) is 0 Å². The maximum absolute atomic E-state index is 10.6. The number of aryl methyl sites for hydroxylation is 1. The molecular weight excluding hydrogens is 214 g/mol. The Morgan fingerprint density at radius 1 is 1.53 bits per heavy atom. The van der Waals surface area contributed by atoms with Crippen molar-refractivity contribution in [2.75, 3.05) is 0 Å². The molecule has 0 aliphatic heterocycles. The molecule has 15 heavy (non-hydrogen) atoms. The molecule has 0 unspecified atom stereocenters. The van der Waals surface area contributed by atoms with Gasteiger partial charge in [-0.15, -0.1) is 0 Å². The molecule has 0 bridgehead atoms. The molecule has 2 aromatic rings. The highest BCUT2D eigenvalue weighted by atomic mass is 35.5. The molecular formula is C11H10ClNO2. The molecule has 0 aliphatic carbocycles. The molecule has 78 valence electrons. The fraction of sp³-hybridized carbons (Fsp3) is 0.182. The number of halogens is 1. The molecule has 0 saturated carbocycles. The number of hydrogen-bond acceptors (Lipinski definition) is 1. The Hall–Kier alpha value is -1.48. The summed E-state index contributed by atoms with van der Waals surface area (Å²) in [5, 5.41) is 10.3. The van der Waals surface area contributed by atoms with Gasteiger partial charge in [-0.25, -0.2) is 0 Å². The summed E-state index contributed by atoms with van der Waals surface area (Å²) in [7, 11) is 0. The van der Waals surface area contributed by atoms with E-state index in [1.807, 2.05) is 25.1 Å². The lowest BCUT2D eigenvalue weighted by atomic mass is 10.2. The van der Waals surface area contributed by atoms with E-state index in [9.17, 15) is 4.79 Å². The van der Waals surface area contributed by atoms with E-state index in [0.29, 0.717) is 5.02 Å². The van der Waals surface area contributed by atoms with Crippen molar-refractivity contribution >= 4 is 28.5 Å². The number of aliphatic carboxylic acids is 1. The van der Waals surface area contributed by atoms with Crippen LogP contribution in [-0.2, 0) is 11.3 Å². The van der Waals surface area contributed by atoms with Crippen molar-refractivity contribution in [2.45, 2.75) is 13.5 Å². The van der Waals surface area contributed by atoms with Crippen LogP contribution in [0.3, 0.4) is 0 Å². The quantitative estimate of drug-likeness (QED) is 0.851. The zero-order valence-corrected chi connectivity index (χ0v) is 8.95. The van der Waals surface area contributed by atoms with E-state index in [0.717, 1.165) is 16.5 Å². The summed E-state index contributed by atoms with van der Waals surface area (Å²) < 4.78 is 1.64. The van der Waals surface area contributed by atoms with E-state index < -0.39 is 5.97 Å². The number of fused-ring (bicyclic) bond motifs is 1. The zero-order valence-electron chi connectivity index (χ0n) is 8.20. The van der Waals surface area contributed by atoms with Gasteiger partial charge in [0.2, 0.25) is 0 Å². The molecule has 1 heterocycles. The van der Waals surface area contributed by atoms with Gasteiger partial charge in [-0.3, -0.25) is 4.79 Å². The molecule has 0 saturated heterocycles. The SMILES string of the molecule is Cc1cc(Cl)c2c(ccn2CC(=O)O)c1. The number of nitrogens with zero attached hydrogens (tertiary/aromatic N) is 1. The van der Waals surface area contributed by atoms with Crippen LogP contribution in [0.5, 0.6) is 0 Å². The Balaban J connectivity index is 2.63. The Morgan fingerprint density at radius 2 is 2.27 bits per heavy atom. The molecule has 1 aromatic heterocycles. The summed E-state index contributed by atoms with van der Waals surface area (Å²) in [5.41, 5.74) is 1.85. The number of carboxylic acid groups (broad SMARTS) is 1. The van der Waals surface area contributed by atoms with Gasteiger partial charge in [-0.2, -0.15) is 0 Å². The van der Waals surface area contributed by atoms with Crippen molar-refractivity contribution in [3.05, 3.63) is 35.0 Å². The molecule has 0 atom stereocenters. The number of hydrogen-bond donors (Lipinski definition) is 1. The Kier molecular flexibility index (Phi) is 2.40. The highest BCUT2D eigenvalue weighted by molar-refractivity contribution is 6.35. The monoisotopic (exact) mass is 223 g/mol. The fourth-order valence-electron chi connectivity index (χ4n) is 1.71. The van der Waals surface area contributed by atoms with E-state index >= 15 is 0 Å². The first-order valence-corrected chi connectivity index (χ1v) is 4.92. The van der Waals surface area contributed by atoms with Gasteiger partial charge < -0.3 is 9.67 Å². The van der Waals surface area contributed by atoms with E-state index in [4.69, 9.17) is 16.7 Å². The highest BCUT2D eigenvalue weighted by Crippen LogP contribution is 2.26. The molecule has 0 fully saturated rings. The highest BCUT2D eigenvalue weighted by Gasteiger charge is 2.08. The second-order valence-electron chi connectivity index (χ2n) is 3.52. The van der Waals surface area contributed by atoms with Crippen molar-refractivity contribution in [1.82, 2.24) is 4.57 Å². The smallest absolute Gasteiger partial charge is 0.323 e. The van der Waals surface area contributed by atoms with Crippen LogP contribution in [-0.4, -0.2) is 15.6 Å². The van der Waals surface area contributed by atoms with Crippen LogP contribution in [0.4, 0.5) is 0 Å². The summed E-state index contributed by atoms with van der Waals surface area (Å²) in [4.78, 5) is 10.6. The summed E-state index contributed by atoms with van der Waals surface area (Å²) in [6.45, 7) is 1.89. The maximum Gasteiger partial charge on any atom is 0.323 e. The Morgan fingerprint density at radius 3 is 2.93 bits per heavy atom. The third kappa shape index (κ3) is 1.83. The molecule has 2 rings (SSSR count). The van der Waals surface area contributed by atoms with Crippen molar-refractivity contribution in [1.29, 1.82) is 0 Å². The standard InChI is InChI=1S/C11H10ClNO2/c1-7-4-8-2-3-13(6-10(14)15)11(8)9(12)5-7/h2-5H,6H2,1H3,(H,14,15). The van der Waals surface area contributed by atoms with Gasteiger partial charge >= 0.3 is 5.97 Å². The van der Waals surface area contributed by atoms with Gasteiger partial charge in [0.15, 0.2) is 0 Å². The van der Waals surface area contributed by atoms with Crippen molar-refractivity contribution in [3.8, 4) is 0 Å². The molecule has 0 aliphatic rings. The minimum Gasteiger partial charge on any atom is -0.480 e. The first kappa shape index (κ1) is 10.1. The summed E-state index contributed by atoms with van der Waals surface area (Å²) in [5.74, 6) is -0.871. The number of carboxylic acids is 1. The number of aromatic nitrogens is 1. The van der Waals surface area contributed by atoms with Crippen LogP contribution in [0.1, 0.15) is 5.56 Å². The summed E-state index contributed by atoms with van der Waals surface area (Å²) in [6, 6.07) is 5.69. The second kappa shape index (κ2) is 3.59. The molecule has 1 aromatic carbocycles. The molecule has 0 amide bonds. The Bertz CT molecular complexity index is 531. The van der Waals surface area contributed by atoms with Gasteiger partial charge in [0.25, 0.3) is 0 Å². The van der Waals surface area contributed by atoms with Gasteiger partial charge in [0, 0.05) is 11.6 Å². The predicted octanol–water partition coefficient (Wildman–Crippen LogP) is 2.69. The minimum atomic E-state index is -0.871. The van der Waals surface area contributed by atoms with E-state index in [1.165, 1.54) is 0 Å². The number of rotatable bonds is 2. The third-order valence-corrected chi connectivity index (χ3v) is 2.55. The third-order valence-electron chi connectivity index (χ3n) is 2.26. The largest absolute Gasteiger partial charge is 0.480 e. The summed E-state index contributed by atoms with van der Waals surface area (Å²) in [6.07, 6.45) is 1.74. The van der Waals surface area contributed by atoms with E-state index in [1.54, 1.807) is 10.8 Å². The number of benzene rings is 1. The van der Waals surface area contributed by atoms with Crippen molar-refractivity contribution in [2.24, 2.45) is 0 Å². The van der Waals surface area contributed by atoms with Crippen molar-refractivity contribution in [3.63, 3.8) is 0 Å². The molecule has 0 spiro atoms. The van der Waals surface area contributed by atoms with Crippen LogP contribution in [0, 0.1) is 6.92 Å². The fourth-order valence-corrected chi connectivity index (χ4v) is 2.10. The summed E-state index contributed by atoms with van der Waals surface area (Å²) >= 11 is 6.08. The molecule has 1 N–H and O–H groups in total. The van der Waals surface area contributed by atoms with Crippen LogP contribution in [0.25, 0.3) is 10.9 Å². The lowest BCUT2D eigenvalue weighted by Gasteiger charge is -2.04. The zero-order chi connectivity index (χ0) is 11.0. The molecule has 4 heteroatoms. The minimum absolute atomic E-state index is 0.0632. The lowest BCUT2D eigenvalue weighted by Crippen LogP contribution is -2.07. The van der Waals surface area contributed by atoms with Gasteiger partial charge in [-0.05, 0) is 30.7 Å². The van der Waals surface area contributed by atoms with Crippen LogP contribution >= 0.6 is 11.6 Å². The van der Waals surface area contributed by atoms with Gasteiger partial charge in [0.1, 0.15) is 6.54 Å². The average Bonchev–Trinajstić information content (AvgIpc) is 2.46. The van der Waals surface area contributed by atoms with Crippen LogP contribution in [0.2, 0.25) is 5.02 Å². The molecule has 3 nitrogen and oxygen atoms in total. The number of carbonyl (C=O) groups is 1.